The molecule has 1 aliphatic heterocycles. The summed E-state index contributed by atoms with van der Waals surface area (Å²) in [7, 11) is 1.81. The number of likely N-dealkylation sites (tertiary alicyclic amines) is 1. The first-order valence-corrected chi connectivity index (χ1v) is 4.67. The minimum absolute atomic E-state index is 0.153. The van der Waals surface area contributed by atoms with Crippen molar-refractivity contribution in [2.45, 2.75) is 12.6 Å². The topological polar surface area (TPSA) is 61.3 Å². The molecule has 0 saturated carbocycles. The molecule has 1 saturated heterocycles. The normalized spacial score (nSPS) is 17.9. The van der Waals surface area contributed by atoms with Crippen LogP contribution < -0.4 is 5.32 Å². The Morgan fingerprint density at radius 3 is 2.79 bits per heavy atom. The second-order valence-corrected chi connectivity index (χ2v) is 3.49. The first-order chi connectivity index (χ1) is 6.78. The molecular weight excluding hydrogens is 180 g/mol. The summed E-state index contributed by atoms with van der Waals surface area (Å²) in [6.07, 6.45) is 3.32. The molecule has 76 valence electrons. The van der Waals surface area contributed by atoms with E-state index in [1.165, 1.54) is 0 Å². The van der Waals surface area contributed by atoms with Crippen molar-refractivity contribution < 1.29 is 5.11 Å². The standard InChI is InChI=1S/C9H14N4O/c1-10-9-3-11-7(2-12-9)4-13-5-8(14)6-13/h2-3,8,14H,4-6H2,1H3,(H,10,12). The Kier molecular flexibility index (Phi) is 2.60. The van der Waals surface area contributed by atoms with Crippen LogP contribution in [0.3, 0.4) is 0 Å². The van der Waals surface area contributed by atoms with E-state index in [1.807, 2.05) is 7.05 Å². The predicted molar refractivity (Wildman–Crippen MR) is 52.9 cm³/mol. The zero-order valence-corrected chi connectivity index (χ0v) is 8.14. The molecule has 1 aliphatic rings. The summed E-state index contributed by atoms with van der Waals surface area (Å²) >= 11 is 0. The summed E-state index contributed by atoms with van der Waals surface area (Å²) < 4.78 is 0. The van der Waals surface area contributed by atoms with Crippen LogP contribution >= 0.6 is 0 Å². The summed E-state index contributed by atoms with van der Waals surface area (Å²) in [5, 5.41) is 12.0. The van der Waals surface area contributed by atoms with E-state index in [9.17, 15) is 0 Å². The fourth-order valence-corrected chi connectivity index (χ4v) is 1.47. The summed E-state index contributed by atoms with van der Waals surface area (Å²) in [6, 6.07) is 0. The largest absolute Gasteiger partial charge is 0.390 e. The van der Waals surface area contributed by atoms with E-state index in [2.05, 4.69) is 20.2 Å². The Bertz CT molecular complexity index is 294. The number of aromatic nitrogens is 2. The van der Waals surface area contributed by atoms with Crippen molar-refractivity contribution in [3.63, 3.8) is 0 Å². The molecule has 0 spiro atoms. The monoisotopic (exact) mass is 194 g/mol. The van der Waals surface area contributed by atoms with Crippen molar-refractivity contribution in [1.82, 2.24) is 14.9 Å². The molecule has 14 heavy (non-hydrogen) atoms. The third-order valence-electron chi connectivity index (χ3n) is 2.28. The lowest BCUT2D eigenvalue weighted by atomic mass is 10.1. The van der Waals surface area contributed by atoms with Gasteiger partial charge in [0.15, 0.2) is 0 Å². The maximum atomic E-state index is 9.09. The predicted octanol–water partition coefficient (Wildman–Crippen LogP) is -0.305. The molecule has 0 aromatic carbocycles. The highest BCUT2D eigenvalue weighted by molar-refractivity contribution is 5.29. The van der Waals surface area contributed by atoms with E-state index >= 15 is 0 Å². The number of anilines is 1. The SMILES string of the molecule is CNc1cnc(CN2CC(O)C2)cn1. The van der Waals surface area contributed by atoms with E-state index in [0.29, 0.717) is 0 Å². The van der Waals surface area contributed by atoms with Gasteiger partial charge >= 0.3 is 0 Å². The Hall–Kier alpha value is -1.20. The molecule has 1 fully saturated rings. The smallest absolute Gasteiger partial charge is 0.144 e. The van der Waals surface area contributed by atoms with Crippen molar-refractivity contribution in [2.24, 2.45) is 0 Å². The number of β-amino-alcohol motifs (C(OH)–C–C–N with tert-alkyl or cyclic N) is 1. The quantitative estimate of drug-likeness (QED) is 0.691. The lowest BCUT2D eigenvalue weighted by molar-refractivity contribution is -0.00359. The molecule has 1 aromatic rings. The van der Waals surface area contributed by atoms with Gasteiger partial charge in [0.1, 0.15) is 5.82 Å². The van der Waals surface area contributed by atoms with Gasteiger partial charge in [0.2, 0.25) is 0 Å². The number of aliphatic hydroxyl groups is 1. The lowest BCUT2D eigenvalue weighted by Gasteiger charge is -2.35. The molecular formula is C9H14N4O. The van der Waals surface area contributed by atoms with E-state index < -0.39 is 0 Å². The van der Waals surface area contributed by atoms with Crippen LogP contribution in [0.15, 0.2) is 12.4 Å². The van der Waals surface area contributed by atoms with Gasteiger partial charge in [-0.25, -0.2) is 4.98 Å². The average molecular weight is 194 g/mol. The molecule has 0 atom stereocenters. The zero-order chi connectivity index (χ0) is 9.97. The molecule has 1 aromatic heterocycles. The molecule has 2 rings (SSSR count). The van der Waals surface area contributed by atoms with Gasteiger partial charge in [-0.05, 0) is 0 Å². The number of hydrogen-bond acceptors (Lipinski definition) is 5. The van der Waals surface area contributed by atoms with Gasteiger partial charge in [-0.15, -0.1) is 0 Å². The number of nitrogens with one attached hydrogen (secondary N) is 1. The minimum atomic E-state index is -0.153. The first-order valence-electron chi connectivity index (χ1n) is 4.67. The molecule has 0 aliphatic carbocycles. The van der Waals surface area contributed by atoms with Gasteiger partial charge in [-0.1, -0.05) is 0 Å². The number of rotatable bonds is 3. The van der Waals surface area contributed by atoms with Crippen LogP contribution in [0.5, 0.6) is 0 Å². The number of hydrogen-bond donors (Lipinski definition) is 2. The van der Waals surface area contributed by atoms with Gasteiger partial charge in [-0.3, -0.25) is 9.88 Å². The third-order valence-corrected chi connectivity index (χ3v) is 2.28. The van der Waals surface area contributed by atoms with Crippen LogP contribution in [0.4, 0.5) is 5.82 Å². The highest BCUT2D eigenvalue weighted by Gasteiger charge is 2.24. The van der Waals surface area contributed by atoms with Crippen LogP contribution in [0, 0.1) is 0 Å². The van der Waals surface area contributed by atoms with Gasteiger partial charge in [0.05, 0.1) is 24.2 Å². The summed E-state index contributed by atoms with van der Waals surface area (Å²) in [6.45, 7) is 2.26. The van der Waals surface area contributed by atoms with E-state index in [1.54, 1.807) is 12.4 Å². The average Bonchev–Trinajstić information content (AvgIpc) is 2.17. The zero-order valence-electron chi connectivity index (χ0n) is 8.14. The fourth-order valence-electron chi connectivity index (χ4n) is 1.47. The Morgan fingerprint density at radius 1 is 1.50 bits per heavy atom. The van der Waals surface area contributed by atoms with E-state index in [0.717, 1.165) is 31.1 Å². The molecule has 5 heteroatoms. The van der Waals surface area contributed by atoms with Crippen molar-refractivity contribution in [2.75, 3.05) is 25.5 Å². The van der Waals surface area contributed by atoms with Crippen molar-refractivity contribution in [1.29, 1.82) is 0 Å². The van der Waals surface area contributed by atoms with E-state index in [-0.39, 0.29) is 6.10 Å². The van der Waals surface area contributed by atoms with Crippen LogP contribution in [0.2, 0.25) is 0 Å². The molecule has 0 bridgehead atoms. The second-order valence-electron chi connectivity index (χ2n) is 3.49. The lowest BCUT2D eigenvalue weighted by Crippen LogP contribution is -2.49. The Labute approximate surface area is 82.8 Å². The van der Waals surface area contributed by atoms with Crippen molar-refractivity contribution >= 4 is 5.82 Å². The minimum Gasteiger partial charge on any atom is -0.390 e. The second kappa shape index (κ2) is 3.89. The molecule has 2 N–H and O–H groups in total. The molecule has 0 unspecified atom stereocenters. The summed E-state index contributed by atoms with van der Waals surface area (Å²) in [4.78, 5) is 10.5. The van der Waals surface area contributed by atoms with E-state index in [4.69, 9.17) is 5.11 Å². The molecule has 0 amide bonds. The molecule has 5 nitrogen and oxygen atoms in total. The maximum Gasteiger partial charge on any atom is 0.144 e. The van der Waals surface area contributed by atoms with Gasteiger partial charge in [0, 0.05) is 26.7 Å². The van der Waals surface area contributed by atoms with Crippen LogP contribution in [0.25, 0.3) is 0 Å². The van der Waals surface area contributed by atoms with Crippen LogP contribution in [-0.2, 0) is 6.54 Å². The number of aliphatic hydroxyl groups excluding tert-OH is 1. The highest BCUT2D eigenvalue weighted by atomic mass is 16.3. The summed E-state index contributed by atoms with van der Waals surface area (Å²) in [5.41, 5.74) is 0.941. The third kappa shape index (κ3) is 2.00. The van der Waals surface area contributed by atoms with Crippen molar-refractivity contribution in [3.8, 4) is 0 Å². The highest BCUT2D eigenvalue weighted by Crippen LogP contribution is 2.11. The molecule has 0 radical (unpaired) electrons. The van der Waals surface area contributed by atoms with Gasteiger partial charge in [0.25, 0.3) is 0 Å². The Balaban J connectivity index is 1.90. The number of nitrogens with zero attached hydrogens (tertiary/aromatic N) is 3. The van der Waals surface area contributed by atoms with Gasteiger partial charge < -0.3 is 10.4 Å². The summed E-state index contributed by atoms with van der Waals surface area (Å²) in [5.74, 6) is 0.775. The van der Waals surface area contributed by atoms with Crippen LogP contribution in [-0.4, -0.2) is 46.2 Å². The van der Waals surface area contributed by atoms with Crippen molar-refractivity contribution in [3.05, 3.63) is 18.1 Å². The maximum absolute atomic E-state index is 9.09. The Morgan fingerprint density at radius 2 is 2.29 bits per heavy atom. The van der Waals surface area contributed by atoms with Crippen LogP contribution in [0.1, 0.15) is 5.69 Å². The first kappa shape index (κ1) is 9.36. The molecule has 2 heterocycles. The van der Waals surface area contributed by atoms with Gasteiger partial charge in [-0.2, -0.15) is 0 Å². The fraction of sp³-hybridized carbons (Fsp3) is 0.556.